The second kappa shape index (κ2) is 5.35. The number of furan rings is 1. The highest BCUT2D eigenvalue weighted by atomic mass is 16.3. The van der Waals surface area contributed by atoms with Crippen molar-refractivity contribution in [1.82, 2.24) is 5.32 Å². The van der Waals surface area contributed by atoms with Gasteiger partial charge in [0.05, 0.1) is 6.10 Å². The van der Waals surface area contributed by atoms with Crippen molar-refractivity contribution in [2.75, 3.05) is 6.54 Å². The third-order valence-electron chi connectivity index (χ3n) is 4.09. The van der Waals surface area contributed by atoms with Gasteiger partial charge in [-0.25, -0.2) is 0 Å². The van der Waals surface area contributed by atoms with Crippen molar-refractivity contribution in [3.8, 4) is 0 Å². The lowest BCUT2D eigenvalue weighted by Crippen LogP contribution is -2.34. The molecule has 3 heteroatoms. The summed E-state index contributed by atoms with van der Waals surface area (Å²) >= 11 is 0. The molecule has 0 aliphatic carbocycles. The van der Waals surface area contributed by atoms with Gasteiger partial charge in [-0.15, -0.1) is 0 Å². The Morgan fingerprint density at radius 2 is 2.11 bits per heavy atom. The number of fused-ring (bicyclic) bond motifs is 1. The molecule has 0 spiro atoms. The fourth-order valence-electron chi connectivity index (χ4n) is 3.08. The normalized spacial score (nSPS) is 22.3. The zero-order chi connectivity index (χ0) is 13.2. The number of aliphatic hydroxyl groups excluding tert-OH is 1. The summed E-state index contributed by atoms with van der Waals surface area (Å²) in [6.07, 6.45) is 4.18. The van der Waals surface area contributed by atoms with E-state index in [0.717, 1.165) is 35.3 Å². The van der Waals surface area contributed by atoms with Crippen LogP contribution in [0.3, 0.4) is 0 Å². The first-order chi connectivity index (χ1) is 9.27. The molecule has 0 radical (unpaired) electrons. The highest BCUT2D eigenvalue weighted by molar-refractivity contribution is 5.82. The van der Waals surface area contributed by atoms with Gasteiger partial charge in [-0.05, 0) is 32.4 Å². The van der Waals surface area contributed by atoms with E-state index in [1.165, 1.54) is 19.3 Å². The van der Waals surface area contributed by atoms with E-state index in [2.05, 4.69) is 5.32 Å². The van der Waals surface area contributed by atoms with Crippen LogP contribution in [-0.4, -0.2) is 17.7 Å². The molecule has 2 heterocycles. The van der Waals surface area contributed by atoms with Gasteiger partial charge in [-0.2, -0.15) is 0 Å². The first-order valence-corrected chi connectivity index (χ1v) is 7.17. The van der Waals surface area contributed by atoms with Crippen molar-refractivity contribution in [2.45, 2.75) is 44.8 Å². The smallest absolute Gasteiger partial charge is 0.134 e. The Balaban J connectivity index is 1.96. The maximum absolute atomic E-state index is 10.7. The quantitative estimate of drug-likeness (QED) is 0.869. The fourth-order valence-corrected chi connectivity index (χ4v) is 3.08. The lowest BCUT2D eigenvalue weighted by Gasteiger charge is -2.22. The molecule has 0 saturated carbocycles. The van der Waals surface area contributed by atoms with E-state index in [9.17, 15) is 5.11 Å². The zero-order valence-electron chi connectivity index (χ0n) is 11.4. The van der Waals surface area contributed by atoms with E-state index in [0.29, 0.717) is 0 Å². The van der Waals surface area contributed by atoms with Gasteiger partial charge in [0.1, 0.15) is 11.3 Å². The number of aliphatic hydroxyl groups is 1. The molecule has 0 bridgehead atoms. The standard InChI is InChI=1S/C16H21NO2/c1-11-15(12-7-4-5-9-14(12)19-11)16(18)13-8-3-2-6-10-17-13/h4-5,7,9,13,16-18H,2-3,6,8,10H2,1H3. The van der Waals surface area contributed by atoms with Crippen LogP contribution in [0.5, 0.6) is 0 Å². The van der Waals surface area contributed by atoms with Gasteiger partial charge in [0, 0.05) is 17.0 Å². The van der Waals surface area contributed by atoms with Crippen molar-refractivity contribution in [3.05, 3.63) is 35.6 Å². The first-order valence-electron chi connectivity index (χ1n) is 7.17. The molecule has 1 fully saturated rings. The molecule has 1 aromatic heterocycles. The molecule has 2 atom stereocenters. The van der Waals surface area contributed by atoms with Gasteiger partial charge in [0.2, 0.25) is 0 Å². The molecule has 1 aliphatic heterocycles. The van der Waals surface area contributed by atoms with Crippen LogP contribution in [0.15, 0.2) is 28.7 Å². The van der Waals surface area contributed by atoms with Gasteiger partial charge < -0.3 is 14.8 Å². The summed E-state index contributed by atoms with van der Waals surface area (Å²) < 4.78 is 5.75. The Hall–Kier alpha value is -1.32. The SMILES string of the molecule is Cc1oc2ccccc2c1C(O)C1CCCCCN1. The number of rotatable bonds is 2. The molecule has 1 saturated heterocycles. The van der Waals surface area contributed by atoms with Crippen LogP contribution in [0.2, 0.25) is 0 Å². The predicted molar refractivity (Wildman–Crippen MR) is 76.2 cm³/mol. The number of nitrogens with one attached hydrogen (secondary N) is 1. The maximum Gasteiger partial charge on any atom is 0.134 e. The van der Waals surface area contributed by atoms with Crippen LogP contribution >= 0.6 is 0 Å². The lowest BCUT2D eigenvalue weighted by atomic mass is 9.96. The van der Waals surface area contributed by atoms with Crippen molar-refractivity contribution < 1.29 is 9.52 Å². The van der Waals surface area contributed by atoms with E-state index in [4.69, 9.17) is 4.42 Å². The first kappa shape index (κ1) is 12.7. The molecule has 2 unspecified atom stereocenters. The maximum atomic E-state index is 10.7. The molecule has 1 aromatic carbocycles. The molecular weight excluding hydrogens is 238 g/mol. The summed E-state index contributed by atoms with van der Waals surface area (Å²) in [6.45, 7) is 2.94. The summed E-state index contributed by atoms with van der Waals surface area (Å²) in [7, 11) is 0. The number of benzene rings is 1. The van der Waals surface area contributed by atoms with Crippen LogP contribution < -0.4 is 5.32 Å². The van der Waals surface area contributed by atoms with Gasteiger partial charge in [0.25, 0.3) is 0 Å². The van der Waals surface area contributed by atoms with Crippen molar-refractivity contribution >= 4 is 11.0 Å². The predicted octanol–water partition coefficient (Wildman–Crippen LogP) is 3.31. The monoisotopic (exact) mass is 259 g/mol. The van der Waals surface area contributed by atoms with E-state index < -0.39 is 6.10 Å². The van der Waals surface area contributed by atoms with Crippen molar-refractivity contribution in [1.29, 1.82) is 0 Å². The fraction of sp³-hybridized carbons (Fsp3) is 0.500. The highest BCUT2D eigenvalue weighted by Gasteiger charge is 2.26. The molecular formula is C16H21NO2. The Bertz CT molecular complexity index is 553. The minimum atomic E-state index is -0.484. The van der Waals surface area contributed by atoms with E-state index in [1.54, 1.807) is 0 Å². The van der Waals surface area contributed by atoms with Crippen LogP contribution in [0.25, 0.3) is 11.0 Å². The summed E-state index contributed by atoms with van der Waals surface area (Å²) in [4.78, 5) is 0. The molecule has 19 heavy (non-hydrogen) atoms. The summed E-state index contributed by atoms with van der Waals surface area (Å²) in [5, 5.41) is 15.2. The second-order valence-corrected chi connectivity index (χ2v) is 5.42. The Kier molecular flexibility index (Phi) is 3.58. The molecule has 0 amide bonds. The molecule has 3 rings (SSSR count). The summed E-state index contributed by atoms with van der Waals surface area (Å²) in [5.41, 5.74) is 1.82. The van der Waals surface area contributed by atoms with Crippen LogP contribution in [0.4, 0.5) is 0 Å². The number of hydrogen-bond acceptors (Lipinski definition) is 3. The third kappa shape index (κ3) is 2.40. The van der Waals surface area contributed by atoms with Crippen LogP contribution in [0, 0.1) is 6.92 Å². The van der Waals surface area contributed by atoms with Crippen LogP contribution in [-0.2, 0) is 0 Å². The average Bonchev–Trinajstić information content (AvgIpc) is 2.61. The summed E-state index contributed by atoms with van der Waals surface area (Å²) in [6, 6.07) is 8.08. The Morgan fingerprint density at radius 3 is 3.00 bits per heavy atom. The van der Waals surface area contributed by atoms with Gasteiger partial charge in [-0.1, -0.05) is 31.0 Å². The molecule has 1 aliphatic rings. The summed E-state index contributed by atoms with van der Waals surface area (Å²) in [5.74, 6) is 0.833. The van der Waals surface area contributed by atoms with Crippen LogP contribution in [0.1, 0.15) is 43.1 Å². The zero-order valence-corrected chi connectivity index (χ0v) is 11.4. The highest BCUT2D eigenvalue weighted by Crippen LogP contribution is 2.33. The third-order valence-corrected chi connectivity index (χ3v) is 4.09. The minimum Gasteiger partial charge on any atom is -0.461 e. The number of aryl methyl sites for hydroxylation is 1. The molecule has 2 aromatic rings. The van der Waals surface area contributed by atoms with Gasteiger partial charge in [-0.3, -0.25) is 0 Å². The Morgan fingerprint density at radius 1 is 1.26 bits per heavy atom. The molecule has 2 N–H and O–H groups in total. The van der Waals surface area contributed by atoms with Crippen molar-refractivity contribution in [2.24, 2.45) is 0 Å². The molecule has 3 nitrogen and oxygen atoms in total. The number of para-hydroxylation sites is 1. The van der Waals surface area contributed by atoms with Gasteiger partial charge >= 0.3 is 0 Å². The second-order valence-electron chi connectivity index (χ2n) is 5.42. The van der Waals surface area contributed by atoms with E-state index >= 15 is 0 Å². The molecule has 102 valence electrons. The largest absolute Gasteiger partial charge is 0.461 e. The van der Waals surface area contributed by atoms with E-state index in [1.807, 2.05) is 31.2 Å². The number of hydrogen-bond donors (Lipinski definition) is 2. The minimum absolute atomic E-state index is 0.141. The average molecular weight is 259 g/mol. The van der Waals surface area contributed by atoms with Crippen molar-refractivity contribution in [3.63, 3.8) is 0 Å². The lowest BCUT2D eigenvalue weighted by molar-refractivity contribution is 0.126. The van der Waals surface area contributed by atoms with E-state index in [-0.39, 0.29) is 6.04 Å². The Labute approximate surface area is 113 Å². The van der Waals surface area contributed by atoms with Gasteiger partial charge in [0.15, 0.2) is 0 Å². The topological polar surface area (TPSA) is 45.4 Å².